The fraction of sp³-hybridized carbons (Fsp3) is 0.312. The number of hydrogen-bond acceptors (Lipinski definition) is 5. The SMILES string of the molecule is CC(C)C(C(=O)Nc1cccc(CC(C)(C)C(=O)O)c1)c1ccc(CN2N=C(c3ccccc3)OCC2=O)cc1. The highest BCUT2D eigenvalue weighted by Crippen LogP contribution is 2.28. The monoisotopic (exact) mass is 541 g/mol. The molecule has 8 heteroatoms. The van der Waals surface area contributed by atoms with Gasteiger partial charge in [0.05, 0.1) is 17.9 Å². The molecule has 0 aliphatic carbocycles. The van der Waals surface area contributed by atoms with Gasteiger partial charge in [-0.3, -0.25) is 14.4 Å². The van der Waals surface area contributed by atoms with E-state index in [0.29, 0.717) is 18.0 Å². The molecule has 1 aliphatic rings. The zero-order valence-electron chi connectivity index (χ0n) is 23.3. The van der Waals surface area contributed by atoms with Crippen molar-refractivity contribution in [3.05, 3.63) is 101 Å². The minimum absolute atomic E-state index is 0.0267. The molecule has 0 aromatic heterocycles. The molecule has 1 unspecified atom stereocenters. The third kappa shape index (κ3) is 6.94. The van der Waals surface area contributed by atoms with E-state index in [9.17, 15) is 19.5 Å². The molecule has 2 amide bonds. The van der Waals surface area contributed by atoms with Crippen LogP contribution in [0.5, 0.6) is 0 Å². The standard InChI is InChI=1S/C32H35N3O5/c1-21(2)28(29(37)33-26-12-8-9-23(17-26)18-32(3,4)31(38)39)24-15-13-22(14-16-24)19-35-27(36)20-40-30(34-35)25-10-6-5-7-11-25/h5-17,21,28H,18-20H2,1-4H3,(H,33,37)(H,38,39). The van der Waals surface area contributed by atoms with E-state index in [0.717, 1.165) is 22.3 Å². The van der Waals surface area contributed by atoms with Gasteiger partial charge in [-0.25, -0.2) is 5.01 Å². The summed E-state index contributed by atoms with van der Waals surface area (Å²) >= 11 is 0. The van der Waals surface area contributed by atoms with E-state index in [1.807, 2.05) is 86.6 Å². The van der Waals surface area contributed by atoms with Crippen LogP contribution in [0.15, 0.2) is 84.0 Å². The molecule has 40 heavy (non-hydrogen) atoms. The van der Waals surface area contributed by atoms with Crippen molar-refractivity contribution in [1.82, 2.24) is 5.01 Å². The molecule has 8 nitrogen and oxygen atoms in total. The molecular formula is C32H35N3O5. The van der Waals surface area contributed by atoms with E-state index in [4.69, 9.17) is 4.74 Å². The predicted molar refractivity (Wildman–Crippen MR) is 154 cm³/mol. The van der Waals surface area contributed by atoms with Gasteiger partial charge in [-0.05, 0) is 67.1 Å². The number of rotatable bonds is 10. The first-order valence-electron chi connectivity index (χ1n) is 13.3. The number of benzene rings is 3. The van der Waals surface area contributed by atoms with Crippen molar-refractivity contribution >= 4 is 29.4 Å². The van der Waals surface area contributed by atoms with Crippen molar-refractivity contribution in [1.29, 1.82) is 0 Å². The molecule has 1 heterocycles. The summed E-state index contributed by atoms with van der Waals surface area (Å²) in [6.45, 7) is 7.57. The Hall–Kier alpha value is -4.46. The van der Waals surface area contributed by atoms with E-state index in [-0.39, 0.29) is 30.9 Å². The molecule has 0 spiro atoms. The molecule has 0 fully saturated rings. The lowest BCUT2D eigenvalue weighted by Gasteiger charge is -2.24. The number of carboxylic acids is 1. The van der Waals surface area contributed by atoms with Crippen LogP contribution >= 0.6 is 0 Å². The Morgan fingerprint density at radius 1 is 1.00 bits per heavy atom. The van der Waals surface area contributed by atoms with Crippen molar-refractivity contribution in [3.63, 3.8) is 0 Å². The van der Waals surface area contributed by atoms with Gasteiger partial charge in [-0.2, -0.15) is 0 Å². The summed E-state index contributed by atoms with van der Waals surface area (Å²) in [6.07, 6.45) is 0.351. The van der Waals surface area contributed by atoms with Crippen LogP contribution < -0.4 is 5.32 Å². The molecule has 2 N–H and O–H groups in total. The highest BCUT2D eigenvalue weighted by molar-refractivity contribution is 5.98. The van der Waals surface area contributed by atoms with Gasteiger partial charge in [0.25, 0.3) is 5.91 Å². The summed E-state index contributed by atoms with van der Waals surface area (Å²) in [5.74, 6) is -1.20. The third-order valence-electron chi connectivity index (χ3n) is 6.89. The fourth-order valence-electron chi connectivity index (χ4n) is 4.65. The van der Waals surface area contributed by atoms with Gasteiger partial charge in [0, 0.05) is 11.3 Å². The van der Waals surface area contributed by atoms with Gasteiger partial charge in [0.1, 0.15) is 0 Å². The van der Waals surface area contributed by atoms with Gasteiger partial charge in [-0.15, -0.1) is 5.10 Å². The molecule has 208 valence electrons. The topological polar surface area (TPSA) is 108 Å². The summed E-state index contributed by atoms with van der Waals surface area (Å²) in [7, 11) is 0. The first-order valence-corrected chi connectivity index (χ1v) is 13.3. The molecule has 1 aliphatic heterocycles. The third-order valence-corrected chi connectivity index (χ3v) is 6.89. The number of hydrazone groups is 1. The average molecular weight is 542 g/mol. The van der Waals surface area contributed by atoms with Crippen LogP contribution in [0.1, 0.15) is 55.9 Å². The Morgan fingerprint density at radius 2 is 1.70 bits per heavy atom. The average Bonchev–Trinajstić information content (AvgIpc) is 2.91. The summed E-state index contributed by atoms with van der Waals surface area (Å²) < 4.78 is 5.53. The van der Waals surface area contributed by atoms with E-state index in [2.05, 4.69) is 10.4 Å². The van der Waals surface area contributed by atoms with Crippen LogP contribution in [0.2, 0.25) is 0 Å². The van der Waals surface area contributed by atoms with Gasteiger partial charge in [0.15, 0.2) is 6.61 Å². The maximum Gasteiger partial charge on any atom is 0.309 e. The zero-order valence-corrected chi connectivity index (χ0v) is 23.3. The van der Waals surface area contributed by atoms with Crippen molar-refractivity contribution < 1.29 is 24.2 Å². The number of hydrogen-bond donors (Lipinski definition) is 2. The highest BCUT2D eigenvalue weighted by atomic mass is 16.5. The van der Waals surface area contributed by atoms with Crippen molar-refractivity contribution in [2.24, 2.45) is 16.4 Å². The lowest BCUT2D eigenvalue weighted by atomic mass is 9.85. The molecule has 0 radical (unpaired) electrons. The molecule has 0 saturated carbocycles. The number of nitrogens with zero attached hydrogens (tertiary/aromatic N) is 2. The maximum absolute atomic E-state index is 13.4. The largest absolute Gasteiger partial charge is 0.481 e. The van der Waals surface area contributed by atoms with Crippen LogP contribution in [0.3, 0.4) is 0 Å². The van der Waals surface area contributed by atoms with E-state index in [1.165, 1.54) is 5.01 Å². The predicted octanol–water partition coefficient (Wildman–Crippen LogP) is 5.44. The lowest BCUT2D eigenvalue weighted by Crippen LogP contribution is -2.36. The Kier molecular flexibility index (Phi) is 8.67. The number of aliphatic carboxylic acids is 1. The summed E-state index contributed by atoms with van der Waals surface area (Å²) in [5, 5.41) is 18.3. The molecule has 1 atom stereocenters. The van der Waals surface area contributed by atoms with Gasteiger partial charge in [-0.1, -0.05) is 68.4 Å². The Labute approximate surface area is 234 Å². The Bertz CT molecular complexity index is 1400. The summed E-state index contributed by atoms with van der Waals surface area (Å²) in [6, 6.07) is 24.4. The summed E-state index contributed by atoms with van der Waals surface area (Å²) in [5.41, 5.74) is 3.10. The van der Waals surface area contributed by atoms with Crippen molar-refractivity contribution in [2.45, 2.75) is 46.6 Å². The fourth-order valence-corrected chi connectivity index (χ4v) is 4.65. The minimum atomic E-state index is -0.912. The van der Waals surface area contributed by atoms with E-state index < -0.39 is 17.3 Å². The quantitative estimate of drug-likeness (QED) is 0.355. The zero-order chi connectivity index (χ0) is 28.9. The normalized spacial score (nSPS) is 14.4. The van der Waals surface area contributed by atoms with Gasteiger partial charge < -0.3 is 15.2 Å². The second kappa shape index (κ2) is 12.2. The first-order chi connectivity index (χ1) is 19.0. The van der Waals surface area contributed by atoms with Crippen LogP contribution in [0, 0.1) is 11.3 Å². The minimum Gasteiger partial charge on any atom is -0.481 e. The highest BCUT2D eigenvalue weighted by Gasteiger charge is 2.28. The molecule has 4 rings (SSSR count). The first kappa shape index (κ1) is 28.5. The van der Waals surface area contributed by atoms with E-state index in [1.54, 1.807) is 19.9 Å². The number of amides is 2. The Morgan fingerprint density at radius 3 is 2.35 bits per heavy atom. The lowest BCUT2D eigenvalue weighted by molar-refractivity contribution is -0.146. The number of carbonyl (C=O) groups excluding carboxylic acids is 2. The number of anilines is 1. The van der Waals surface area contributed by atoms with Crippen molar-refractivity contribution in [3.8, 4) is 0 Å². The molecule has 0 saturated heterocycles. The van der Waals surface area contributed by atoms with Crippen LogP contribution in [-0.2, 0) is 32.1 Å². The second-order valence-electron chi connectivity index (χ2n) is 11.0. The maximum atomic E-state index is 13.4. The van der Waals surface area contributed by atoms with Crippen LogP contribution in [-0.4, -0.2) is 40.4 Å². The second-order valence-corrected chi connectivity index (χ2v) is 11.0. The smallest absolute Gasteiger partial charge is 0.309 e. The Balaban J connectivity index is 1.46. The summed E-state index contributed by atoms with van der Waals surface area (Å²) in [4.78, 5) is 37.4. The van der Waals surface area contributed by atoms with Crippen molar-refractivity contribution in [2.75, 3.05) is 11.9 Å². The van der Waals surface area contributed by atoms with Crippen LogP contribution in [0.25, 0.3) is 0 Å². The number of nitrogens with one attached hydrogen (secondary N) is 1. The van der Waals surface area contributed by atoms with Gasteiger partial charge in [0.2, 0.25) is 11.8 Å². The molecule has 3 aromatic carbocycles. The van der Waals surface area contributed by atoms with E-state index >= 15 is 0 Å². The molecular weight excluding hydrogens is 506 g/mol. The molecule has 0 bridgehead atoms. The number of ether oxygens (including phenoxy) is 1. The number of carbonyl (C=O) groups is 3. The molecule has 3 aromatic rings. The number of carboxylic acid groups (broad SMARTS) is 1. The van der Waals surface area contributed by atoms with Crippen LogP contribution in [0.4, 0.5) is 5.69 Å². The van der Waals surface area contributed by atoms with Gasteiger partial charge >= 0.3 is 5.97 Å².